The zero-order valence-electron chi connectivity index (χ0n) is 20.4. The number of aryl methyl sites for hydroxylation is 3. The molecule has 190 valence electrons. The fraction of sp³-hybridized carbons (Fsp3) is 0.261. The summed E-state index contributed by atoms with van der Waals surface area (Å²) in [5.74, 6) is -2.71. The van der Waals surface area contributed by atoms with Gasteiger partial charge in [-0.25, -0.2) is 4.79 Å². The Morgan fingerprint density at radius 3 is 1.53 bits per heavy atom. The molecule has 0 atom stereocenters. The Morgan fingerprint density at radius 1 is 0.667 bits per heavy atom. The number of rotatable bonds is 8. The van der Waals surface area contributed by atoms with Crippen LogP contribution in [0.4, 0.5) is 17.1 Å². The van der Waals surface area contributed by atoms with Gasteiger partial charge in [-0.2, -0.15) is 0 Å². The number of anilines is 3. The Labute approximate surface area is 206 Å². The van der Waals surface area contributed by atoms with Crippen LogP contribution in [0.5, 0.6) is 0 Å². The molecule has 3 aromatic rings. The molecule has 3 N–H and O–H groups in total. The highest BCUT2D eigenvalue weighted by atomic mass is 16.5. The third-order valence-electron chi connectivity index (χ3n) is 5.21. The van der Waals surface area contributed by atoms with Gasteiger partial charge < -0.3 is 39.1 Å². The van der Waals surface area contributed by atoms with E-state index in [2.05, 4.69) is 20.7 Å². The van der Waals surface area contributed by atoms with Crippen molar-refractivity contribution in [2.45, 2.75) is 6.42 Å². The molecular weight excluding hydrogens is 472 g/mol. The molecule has 3 rings (SSSR count). The van der Waals surface area contributed by atoms with Gasteiger partial charge in [0.2, 0.25) is 5.91 Å². The van der Waals surface area contributed by atoms with Crippen molar-refractivity contribution in [1.82, 2.24) is 13.7 Å². The second-order valence-corrected chi connectivity index (χ2v) is 7.88. The molecular formula is C23H26N6O7. The van der Waals surface area contributed by atoms with Crippen molar-refractivity contribution in [2.24, 2.45) is 21.1 Å². The van der Waals surface area contributed by atoms with Gasteiger partial charge in [0, 0.05) is 39.7 Å². The Hall–Kier alpha value is -4.81. The molecule has 0 aliphatic rings. The van der Waals surface area contributed by atoms with Gasteiger partial charge in [-0.05, 0) is 18.2 Å². The number of hydrogen-bond donors (Lipinski definition) is 3. The Kier molecular flexibility index (Phi) is 7.62. The summed E-state index contributed by atoms with van der Waals surface area (Å²) < 4.78 is 13.7. The predicted octanol–water partition coefficient (Wildman–Crippen LogP) is 1.49. The van der Waals surface area contributed by atoms with Crippen molar-refractivity contribution >= 4 is 46.7 Å². The van der Waals surface area contributed by atoms with Crippen molar-refractivity contribution in [3.8, 4) is 0 Å². The van der Waals surface area contributed by atoms with Crippen LogP contribution in [0.15, 0.2) is 36.8 Å². The summed E-state index contributed by atoms with van der Waals surface area (Å²) >= 11 is 0. The molecule has 3 aromatic heterocycles. The van der Waals surface area contributed by atoms with Crippen molar-refractivity contribution in [3.05, 3.63) is 53.9 Å². The molecule has 0 fully saturated rings. The predicted molar refractivity (Wildman–Crippen MR) is 129 cm³/mol. The molecule has 13 heteroatoms. The van der Waals surface area contributed by atoms with Gasteiger partial charge in [-0.1, -0.05) is 0 Å². The Bertz CT molecular complexity index is 1350. The summed E-state index contributed by atoms with van der Waals surface area (Å²) in [4.78, 5) is 60.5. The third-order valence-corrected chi connectivity index (χ3v) is 5.21. The normalized spacial score (nSPS) is 10.5. The van der Waals surface area contributed by atoms with Gasteiger partial charge in [0.15, 0.2) is 0 Å². The lowest BCUT2D eigenvalue weighted by Crippen LogP contribution is -2.17. The van der Waals surface area contributed by atoms with E-state index in [0.29, 0.717) is 17.1 Å². The molecule has 0 aliphatic heterocycles. The standard InChI is InChI=1S/C23H26N6O7/c1-27-10-13(24-19(30)9-20(31)35-4)6-16(27)21(32)25-14-7-17(28(2)11-14)22(33)26-15-8-18(23(34)36-5)29(3)12-15/h6-8,10-12H,9H2,1-5H3,(H,24,30)(H,25,32)(H,26,33). The lowest BCUT2D eigenvalue weighted by Gasteiger charge is -2.03. The molecule has 0 radical (unpaired) electrons. The van der Waals surface area contributed by atoms with E-state index in [9.17, 15) is 24.0 Å². The summed E-state index contributed by atoms with van der Waals surface area (Å²) in [6.07, 6.45) is 4.22. The largest absolute Gasteiger partial charge is 0.469 e. The average Bonchev–Trinajstić information content (AvgIpc) is 3.48. The third kappa shape index (κ3) is 5.81. The minimum absolute atomic E-state index is 0.234. The molecule has 0 bridgehead atoms. The first kappa shape index (κ1) is 25.8. The molecule has 0 spiro atoms. The number of carbonyl (C=O) groups excluding carboxylic acids is 5. The molecule has 36 heavy (non-hydrogen) atoms. The Morgan fingerprint density at radius 2 is 1.08 bits per heavy atom. The van der Waals surface area contributed by atoms with Crippen LogP contribution < -0.4 is 16.0 Å². The van der Waals surface area contributed by atoms with E-state index in [0.717, 1.165) is 0 Å². The number of carbonyl (C=O) groups is 5. The highest BCUT2D eigenvalue weighted by molar-refractivity contribution is 6.08. The van der Waals surface area contributed by atoms with Crippen molar-refractivity contribution in [1.29, 1.82) is 0 Å². The van der Waals surface area contributed by atoms with E-state index in [1.54, 1.807) is 38.1 Å². The van der Waals surface area contributed by atoms with E-state index in [1.807, 2.05) is 0 Å². The fourth-order valence-electron chi connectivity index (χ4n) is 3.46. The van der Waals surface area contributed by atoms with Gasteiger partial charge in [-0.15, -0.1) is 0 Å². The van der Waals surface area contributed by atoms with Crippen LogP contribution >= 0.6 is 0 Å². The van der Waals surface area contributed by atoms with Crippen LogP contribution in [0.2, 0.25) is 0 Å². The number of nitrogens with one attached hydrogen (secondary N) is 3. The number of hydrogen-bond acceptors (Lipinski definition) is 7. The number of ether oxygens (including phenoxy) is 2. The van der Waals surface area contributed by atoms with E-state index in [-0.39, 0.29) is 17.1 Å². The van der Waals surface area contributed by atoms with Gasteiger partial charge in [-0.3, -0.25) is 19.2 Å². The molecule has 0 saturated heterocycles. The number of amides is 3. The van der Waals surface area contributed by atoms with Gasteiger partial charge >= 0.3 is 11.9 Å². The molecule has 0 unspecified atom stereocenters. The first-order valence-corrected chi connectivity index (χ1v) is 10.6. The zero-order valence-corrected chi connectivity index (χ0v) is 20.4. The van der Waals surface area contributed by atoms with E-state index < -0.39 is 36.1 Å². The van der Waals surface area contributed by atoms with Crippen LogP contribution in [0.25, 0.3) is 0 Å². The molecule has 0 aromatic carbocycles. The minimum atomic E-state index is -0.679. The lowest BCUT2D eigenvalue weighted by molar-refractivity contribution is -0.142. The SMILES string of the molecule is COC(=O)CC(=O)Nc1cc(C(=O)Nc2cc(C(=O)Nc3cc(C(=O)OC)n(C)c3)n(C)c2)n(C)c1. The van der Waals surface area contributed by atoms with Gasteiger partial charge in [0.05, 0.1) is 31.3 Å². The maximum Gasteiger partial charge on any atom is 0.354 e. The monoisotopic (exact) mass is 498 g/mol. The van der Waals surface area contributed by atoms with Crippen LogP contribution in [0.1, 0.15) is 37.9 Å². The second-order valence-electron chi connectivity index (χ2n) is 7.88. The number of esters is 2. The maximum atomic E-state index is 12.8. The topological polar surface area (TPSA) is 155 Å². The zero-order chi connectivity index (χ0) is 26.6. The number of methoxy groups -OCH3 is 2. The second kappa shape index (κ2) is 10.6. The first-order chi connectivity index (χ1) is 17.0. The van der Waals surface area contributed by atoms with Crippen molar-refractivity contribution < 1.29 is 33.4 Å². The highest BCUT2D eigenvalue weighted by Crippen LogP contribution is 2.20. The summed E-state index contributed by atoms with van der Waals surface area (Å²) in [5, 5.41) is 7.94. The smallest absolute Gasteiger partial charge is 0.354 e. The van der Waals surface area contributed by atoms with Crippen LogP contribution in [-0.4, -0.2) is 57.6 Å². The molecule has 13 nitrogen and oxygen atoms in total. The molecule has 0 saturated carbocycles. The van der Waals surface area contributed by atoms with Gasteiger partial charge in [0.1, 0.15) is 23.5 Å². The lowest BCUT2D eigenvalue weighted by atomic mass is 10.3. The van der Waals surface area contributed by atoms with Gasteiger partial charge in [0.25, 0.3) is 11.8 Å². The average molecular weight is 498 g/mol. The number of aromatic nitrogens is 3. The first-order valence-electron chi connectivity index (χ1n) is 10.6. The molecule has 3 heterocycles. The van der Waals surface area contributed by atoms with Crippen molar-refractivity contribution in [3.63, 3.8) is 0 Å². The fourth-order valence-corrected chi connectivity index (χ4v) is 3.46. The van der Waals surface area contributed by atoms with Crippen LogP contribution in [-0.2, 0) is 40.2 Å². The molecule has 0 aliphatic carbocycles. The van der Waals surface area contributed by atoms with E-state index >= 15 is 0 Å². The minimum Gasteiger partial charge on any atom is -0.469 e. The molecule has 3 amide bonds. The van der Waals surface area contributed by atoms with Crippen LogP contribution in [0, 0.1) is 0 Å². The highest BCUT2D eigenvalue weighted by Gasteiger charge is 2.19. The number of nitrogens with zero attached hydrogens (tertiary/aromatic N) is 3. The summed E-state index contributed by atoms with van der Waals surface area (Å²) in [5.41, 5.74) is 1.87. The maximum absolute atomic E-state index is 12.8. The van der Waals surface area contributed by atoms with E-state index in [4.69, 9.17) is 4.74 Å². The van der Waals surface area contributed by atoms with Crippen molar-refractivity contribution in [2.75, 3.05) is 30.2 Å². The summed E-state index contributed by atoms with van der Waals surface area (Å²) in [7, 11) is 7.37. The quantitative estimate of drug-likeness (QED) is 0.314. The summed E-state index contributed by atoms with van der Waals surface area (Å²) in [6.45, 7) is 0. The van der Waals surface area contributed by atoms with E-state index in [1.165, 1.54) is 47.7 Å². The summed E-state index contributed by atoms with van der Waals surface area (Å²) in [6, 6.07) is 4.45. The Balaban J connectivity index is 1.68. The van der Waals surface area contributed by atoms with Crippen LogP contribution in [0.3, 0.4) is 0 Å².